The minimum Gasteiger partial charge on any atom is -0.444 e. The van der Waals surface area contributed by atoms with Crippen molar-refractivity contribution in [2.75, 3.05) is 13.1 Å². The van der Waals surface area contributed by atoms with Gasteiger partial charge in [-0.2, -0.15) is 5.10 Å². The lowest BCUT2D eigenvalue weighted by molar-refractivity contribution is 0.0197. The molecule has 0 bridgehead atoms. The van der Waals surface area contributed by atoms with Crippen LogP contribution in [0.25, 0.3) is 5.65 Å². The predicted octanol–water partition coefficient (Wildman–Crippen LogP) is 3.50. The van der Waals surface area contributed by atoms with Crippen LogP contribution in [0.4, 0.5) is 4.79 Å². The first-order chi connectivity index (χ1) is 10.8. The summed E-state index contributed by atoms with van der Waals surface area (Å²) >= 11 is 5.91. The van der Waals surface area contributed by atoms with E-state index in [9.17, 15) is 4.79 Å². The number of fused-ring (bicyclic) bond motifs is 1. The molecule has 0 saturated carbocycles. The van der Waals surface area contributed by atoms with Crippen LogP contribution < -0.4 is 0 Å². The number of amides is 1. The Morgan fingerprint density at radius 1 is 1.39 bits per heavy atom. The number of nitrogens with zero attached hydrogens (tertiary/aromatic N) is 4. The van der Waals surface area contributed by atoms with Crippen molar-refractivity contribution in [2.45, 2.75) is 45.1 Å². The highest BCUT2D eigenvalue weighted by atomic mass is 35.5. The molecule has 124 valence electrons. The molecule has 0 N–H and O–H groups in total. The number of ether oxygens (including phenoxy) is 1. The zero-order valence-corrected chi connectivity index (χ0v) is 14.4. The second-order valence-electron chi connectivity index (χ2n) is 6.89. The van der Waals surface area contributed by atoms with Crippen molar-refractivity contribution in [3.63, 3.8) is 0 Å². The summed E-state index contributed by atoms with van der Waals surface area (Å²) in [7, 11) is 0. The summed E-state index contributed by atoms with van der Waals surface area (Å²) in [6.45, 7) is 6.98. The second-order valence-corrected chi connectivity index (χ2v) is 7.28. The van der Waals surface area contributed by atoms with E-state index < -0.39 is 5.60 Å². The molecule has 3 rings (SSSR count). The van der Waals surface area contributed by atoms with Crippen LogP contribution in [0, 0.1) is 0 Å². The van der Waals surface area contributed by atoms with Crippen LogP contribution in [0.2, 0.25) is 5.15 Å². The van der Waals surface area contributed by atoms with E-state index in [4.69, 9.17) is 16.3 Å². The summed E-state index contributed by atoms with van der Waals surface area (Å²) in [6.07, 6.45) is 3.57. The molecule has 0 radical (unpaired) electrons. The molecule has 23 heavy (non-hydrogen) atoms. The fraction of sp³-hybridized carbons (Fsp3) is 0.562. The Balaban J connectivity index is 1.75. The van der Waals surface area contributed by atoms with Gasteiger partial charge in [-0.05, 0) is 45.7 Å². The summed E-state index contributed by atoms with van der Waals surface area (Å²) in [5, 5.41) is 4.64. The molecule has 2 aromatic rings. The quantitative estimate of drug-likeness (QED) is 0.799. The highest BCUT2D eigenvalue weighted by Gasteiger charge is 2.29. The average molecular weight is 337 g/mol. The average Bonchev–Trinajstić information content (AvgIpc) is 2.88. The Morgan fingerprint density at radius 3 is 2.91 bits per heavy atom. The van der Waals surface area contributed by atoms with E-state index in [1.54, 1.807) is 15.5 Å². The molecule has 1 fully saturated rings. The minimum atomic E-state index is -0.478. The molecule has 1 saturated heterocycles. The van der Waals surface area contributed by atoms with Gasteiger partial charge in [0.25, 0.3) is 0 Å². The van der Waals surface area contributed by atoms with E-state index in [0.29, 0.717) is 11.7 Å². The van der Waals surface area contributed by atoms with E-state index in [-0.39, 0.29) is 12.0 Å². The molecule has 0 aromatic carbocycles. The molecule has 7 heteroatoms. The first kappa shape index (κ1) is 16.1. The zero-order chi connectivity index (χ0) is 16.6. The van der Waals surface area contributed by atoms with Crippen LogP contribution in [0.3, 0.4) is 0 Å². The third kappa shape index (κ3) is 3.75. The van der Waals surface area contributed by atoms with Gasteiger partial charge in [0.05, 0.1) is 11.9 Å². The molecule has 3 heterocycles. The van der Waals surface area contributed by atoms with Crippen molar-refractivity contribution < 1.29 is 9.53 Å². The van der Waals surface area contributed by atoms with E-state index >= 15 is 0 Å². The van der Waals surface area contributed by atoms with E-state index in [1.807, 2.05) is 33.0 Å². The van der Waals surface area contributed by atoms with Crippen molar-refractivity contribution in [3.8, 4) is 0 Å². The van der Waals surface area contributed by atoms with Gasteiger partial charge in [0.15, 0.2) is 5.65 Å². The Hall–Kier alpha value is -1.82. The number of hydrogen-bond acceptors (Lipinski definition) is 4. The molecule has 1 aliphatic rings. The third-order valence-electron chi connectivity index (χ3n) is 3.80. The number of carbonyl (C=O) groups excluding carboxylic acids is 1. The van der Waals surface area contributed by atoms with Gasteiger partial charge in [-0.25, -0.2) is 14.3 Å². The van der Waals surface area contributed by atoms with E-state index in [2.05, 4.69) is 10.1 Å². The Morgan fingerprint density at radius 2 is 2.17 bits per heavy atom. The normalized spacial score (nSPS) is 19.1. The highest BCUT2D eigenvalue weighted by molar-refractivity contribution is 6.29. The molecule has 1 amide bonds. The SMILES string of the molecule is CC(C)(C)OC(=O)N1CCCC(c2cn3nc(Cl)ccc3n2)C1. The van der Waals surface area contributed by atoms with Crippen molar-refractivity contribution in [1.29, 1.82) is 0 Å². The lowest BCUT2D eigenvalue weighted by atomic mass is 9.95. The van der Waals surface area contributed by atoms with Gasteiger partial charge in [0.1, 0.15) is 10.8 Å². The summed E-state index contributed by atoms with van der Waals surface area (Å²) in [5.41, 5.74) is 1.22. The predicted molar refractivity (Wildman–Crippen MR) is 87.8 cm³/mol. The van der Waals surface area contributed by atoms with Gasteiger partial charge in [0, 0.05) is 19.0 Å². The molecule has 1 unspecified atom stereocenters. The fourth-order valence-corrected chi connectivity index (χ4v) is 2.93. The van der Waals surface area contributed by atoms with Crippen LogP contribution in [-0.2, 0) is 4.74 Å². The maximum absolute atomic E-state index is 12.3. The molecule has 1 aliphatic heterocycles. The van der Waals surface area contributed by atoms with Crippen LogP contribution >= 0.6 is 11.6 Å². The van der Waals surface area contributed by atoms with Crippen LogP contribution in [0.5, 0.6) is 0 Å². The first-order valence-electron chi connectivity index (χ1n) is 7.81. The van der Waals surface area contributed by atoms with Crippen molar-refractivity contribution in [1.82, 2.24) is 19.5 Å². The number of piperidine rings is 1. The highest BCUT2D eigenvalue weighted by Crippen LogP contribution is 2.27. The van der Waals surface area contributed by atoms with Gasteiger partial charge in [0.2, 0.25) is 0 Å². The molecule has 0 aliphatic carbocycles. The van der Waals surface area contributed by atoms with Gasteiger partial charge in [-0.3, -0.25) is 0 Å². The maximum Gasteiger partial charge on any atom is 0.410 e. The monoisotopic (exact) mass is 336 g/mol. The molecular formula is C16H21ClN4O2. The van der Waals surface area contributed by atoms with Gasteiger partial charge < -0.3 is 9.64 Å². The number of halogens is 1. The molecule has 0 spiro atoms. The number of likely N-dealkylation sites (tertiary alicyclic amines) is 1. The number of rotatable bonds is 1. The number of imidazole rings is 1. The Bertz CT molecular complexity index is 722. The van der Waals surface area contributed by atoms with Crippen molar-refractivity contribution in [3.05, 3.63) is 29.2 Å². The first-order valence-corrected chi connectivity index (χ1v) is 8.19. The van der Waals surface area contributed by atoms with Gasteiger partial charge in [-0.15, -0.1) is 0 Å². The molecule has 6 nitrogen and oxygen atoms in total. The molecular weight excluding hydrogens is 316 g/mol. The van der Waals surface area contributed by atoms with E-state index in [1.165, 1.54) is 0 Å². The van der Waals surface area contributed by atoms with Crippen LogP contribution in [0.1, 0.15) is 45.2 Å². The van der Waals surface area contributed by atoms with Crippen molar-refractivity contribution >= 4 is 23.3 Å². The second kappa shape index (κ2) is 6.00. The van der Waals surface area contributed by atoms with Crippen molar-refractivity contribution in [2.24, 2.45) is 0 Å². The van der Waals surface area contributed by atoms with Gasteiger partial charge in [-0.1, -0.05) is 11.6 Å². The molecule has 1 atom stereocenters. The topological polar surface area (TPSA) is 59.7 Å². The standard InChI is InChI=1S/C16H21ClN4O2/c1-16(2,3)23-15(22)20-8-4-5-11(9-20)12-10-21-14(18-12)7-6-13(17)19-21/h6-7,10-11H,4-5,8-9H2,1-3H3. The Kier molecular flexibility index (Phi) is 4.19. The number of carbonyl (C=O) groups is 1. The lowest BCUT2D eigenvalue weighted by Crippen LogP contribution is -2.42. The summed E-state index contributed by atoms with van der Waals surface area (Å²) in [5.74, 6) is 0.191. The van der Waals surface area contributed by atoms with Crippen LogP contribution in [0.15, 0.2) is 18.3 Å². The summed E-state index contributed by atoms with van der Waals surface area (Å²) in [6, 6.07) is 3.56. The van der Waals surface area contributed by atoms with Gasteiger partial charge >= 0.3 is 6.09 Å². The zero-order valence-electron chi connectivity index (χ0n) is 13.6. The lowest BCUT2D eigenvalue weighted by Gasteiger charge is -2.33. The Labute approximate surface area is 140 Å². The summed E-state index contributed by atoms with van der Waals surface area (Å²) < 4.78 is 7.15. The van der Waals surface area contributed by atoms with E-state index in [0.717, 1.165) is 30.7 Å². The largest absolute Gasteiger partial charge is 0.444 e. The third-order valence-corrected chi connectivity index (χ3v) is 4.00. The fourth-order valence-electron chi connectivity index (χ4n) is 2.78. The molecule has 2 aromatic heterocycles. The smallest absolute Gasteiger partial charge is 0.410 e. The number of hydrogen-bond donors (Lipinski definition) is 0. The number of aromatic nitrogens is 3. The minimum absolute atomic E-state index is 0.191. The maximum atomic E-state index is 12.3. The summed E-state index contributed by atoms with van der Waals surface area (Å²) in [4.78, 5) is 18.6. The van der Waals surface area contributed by atoms with Crippen LogP contribution in [-0.4, -0.2) is 44.3 Å².